The Hall–Kier alpha value is -2.76. The molecule has 37 heavy (non-hydrogen) atoms. The van der Waals surface area contributed by atoms with Crippen LogP contribution in [0.25, 0.3) is 11.1 Å². The summed E-state index contributed by atoms with van der Waals surface area (Å²) in [4.78, 5) is 13.6. The second-order valence-electron chi connectivity index (χ2n) is 11.6. The fraction of sp³-hybridized carbons (Fsp3) is 0.387. The van der Waals surface area contributed by atoms with Crippen LogP contribution in [0.15, 0.2) is 66.7 Å². The van der Waals surface area contributed by atoms with Crippen LogP contribution in [-0.4, -0.2) is 32.5 Å². The van der Waals surface area contributed by atoms with Crippen LogP contribution < -0.4 is 9.33 Å². The first kappa shape index (κ1) is 27.3. The number of hydrogen-bond donors (Lipinski definition) is 1. The zero-order chi connectivity index (χ0) is 26.8. The zero-order valence-electron chi connectivity index (χ0n) is 22.6. The van der Waals surface area contributed by atoms with E-state index in [1.807, 2.05) is 24.3 Å². The molecule has 6 heteroatoms. The van der Waals surface area contributed by atoms with Gasteiger partial charge in [0.05, 0.1) is 5.56 Å². The van der Waals surface area contributed by atoms with Crippen LogP contribution in [0.2, 0.25) is 23.2 Å². The third kappa shape index (κ3) is 6.39. The molecule has 0 aliphatic carbocycles. The SMILES string of the molecule is CC(C)(C)[Si](C)(C)Oc1cccc(-c2ccc(Cl)cc2)c1CC1CCN(c2ccc(C(=O)O)cc2)CC1. The van der Waals surface area contributed by atoms with Crippen LogP contribution >= 0.6 is 11.6 Å². The van der Waals surface area contributed by atoms with Gasteiger partial charge in [-0.1, -0.05) is 56.6 Å². The fourth-order valence-corrected chi connectivity index (χ4v) is 5.87. The molecule has 1 aliphatic rings. The van der Waals surface area contributed by atoms with Crippen LogP contribution in [0.4, 0.5) is 5.69 Å². The highest BCUT2D eigenvalue weighted by Crippen LogP contribution is 2.41. The van der Waals surface area contributed by atoms with E-state index in [2.05, 4.69) is 69.1 Å². The largest absolute Gasteiger partial charge is 0.543 e. The number of halogens is 1. The lowest BCUT2D eigenvalue weighted by molar-refractivity contribution is 0.0697. The number of nitrogens with zero attached hydrogens (tertiary/aromatic N) is 1. The van der Waals surface area contributed by atoms with Crippen molar-refractivity contribution in [3.8, 4) is 16.9 Å². The first-order chi connectivity index (χ1) is 17.4. The van der Waals surface area contributed by atoms with Crippen molar-refractivity contribution in [3.63, 3.8) is 0 Å². The first-order valence-electron chi connectivity index (χ1n) is 13.1. The third-order valence-electron chi connectivity index (χ3n) is 8.05. The number of benzene rings is 3. The molecule has 0 spiro atoms. The van der Waals surface area contributed by atoms with Crippen molar-refractivity contribution in [2.45, 2.75) is 58.2 Å². The molecule has 0 saturated carbocycles. The van der Waals surface area contributed by atoms with Gasteiger partial charge in [0.1, 0.15) is 5.75 Å². The number of carboxylic acid groups (broad SMARTS) is 1. The van der Waals surface area contributed by atoms with Gasteiger partial charge in [0.15, 0.2) is 0 Å². The van der Waals surface area contributed by atoms with Crippen LogP contribution in [0.3, 0.4) is 0 Å². The molecule has 1 heterocycles. The predicted molar refractivity (Wildman–Crippen MR) is 157 cm³/mol. The van der Waals surface area contributed by atoms with Gasteiger partial charge in [0.2, 0.25) is 8.32 Å². The maximum Gasteiger partial charge on any atom is 0.335 e. The molecule has 0 bridgehead atoms. The van der Waals surface area contributed by atoms with Gasteiger partial charge in [-0.25, -0.2) is 4.79 Å². The van der Waals surface area contributed by atoms with E-state index in [0.29, 0.717) is 11.5 Å². The van der Waals surface area contributed by atoms with E-state index in [9.17, 15) is 9.90 Å². The summed E-state index contributed by atoms with van der Waals surface area (Å²) in [5.41, 5.74) is 5.09. The van der Waals surface area contributed by atoms with E-state index >= 15 is 0 Å². The lowest BCUT2D eigenvalue weighted by atomic mass is 9.86. The highest BCUT2D eigenvalue weighted by atomic mass is 35.5. The smallest absolute Gasteiger partial charge is 0.335 e. The summed E-state index contributed by atoms with van der Waals surface area (Å²) in [5.74, 6) is 0.677. The number of aromatic carboxylic acids is 1. The second-order valence-corrected chi connectivity index (χ2v) is 16.8. The Bertz CT molecular complexity index is 1220. The molecule has 0 aromatic heterocycles. The Kier molecular flexibility index (Phi) is 8.05. The molecule has 1 N–H and O–H groups in total. The normalized spacial score (nSPS) is 15.0. The molecular formula is C31H38ClNO3Si. The third-order valence-corrected chi connectivity index (χ3v) is 12.6. The maximum atomic E-state index is 11.2. The lowest BCUT2D eigenvalue weighted by Crippen LogP contribution is -2.44. The van der Waals surface area contributed by atoms with E-state index in [-0.39, 0.29) is 5.04 Å². The Labute approximate surface area is 227 Å². The second kappa shape index (κ2) is 10.9. The average molecular weight is 536 g/mol. The Morgan fingerprint density at radius 2 is 1.62 bits per heavy atom. The minimum atomic E-state index is -2.01. The summed E-state index contributed by atoms with van der Waals surface area (Å²) in [6.45, 7) is 13.4. The van der Waals surface area contributed by atoms with Gasteiger partial charge in [-0.3, -0.25) is 0 Å². The van der Waals surface area contributed by atoms with Gasteiger partial charge in [0.25, 0.3) is 0 Å². The number of hydrogen-bond acceptors (Lipinski definition) is 3. The predicted octanol–water partition coefficient (Wildman–Crippen LogP) is 8.55. The Morgan fingerprint density at radius 1 is 1.00 bits per heavy atom. The monoisotopic (exact) mass is 535 g/mol. The molecule has 4 nitrogen and oxygen atoms in total. The highest BCUT2D eigenvalue weighted by Gasteiger charge is 2.39. The summed E-state index contributed by atoms with van der Waals surface area (Å²) in [7, 11) is -2.01. The minimum absolute atomic E-state index is 0.113. The average Bonchev–Trinajstić information content (AvgIpc) is 2.85. The quantitative estimate of drug-likeness (QED) is 0.308. The van der Waals surface area contributed by atoms with Crippen molar-refractivity contribution in [1.82, 2.24) is 0 Å². The molecule has 1 fully saturated rings. The van der Waals surface area contributed by atoms with Crippen molar-refractivity contribution in [2.24, 2.45) is 5.92 Å². The summed E-state index contributed by atoms with van der Waals surface area (Å²) < 4.78 is 6.90. The van der Waals surface area contributed by atoms with Gasteiger partial charge in [-0.15, -0.1) is 0 Å². The molecule has 3 aromatic rings. The molecule has 0 radical (unpaired) electrons. The van der Waals surface area contributed by atoms with E-state index in [0.717, 1.165) is 54.4 Å². The van der Waals surface area contributed by atoms with Crippen molar-refractivity contribution >= 4 is 31.6 Å². The van der Waals surface area contributed by atoms with E-state index in [1.165, 1.54) is 11.1 Å². The van der Waals surface area contributed by atoms with Crippen molar-refractivity contribution in [2.75, 3.05) is 18.0 Å². The molecule has 1 saturated heterocycles. The highest BCUT2D eigenvalue weighted by molar-refractivity contribution is 6.74. The van der Waals surface area contributed by atoms with E-state index < -0.39 is 14.3 Å². The molecule has 3 aromatic carbocycles. The molecular weight excluding hydrogens is 498 g/mol. The summed E-state index contributed by atoms with van der Waals surface area (Å²) in [6.07, 6.45) is 3.12. The molecule has 0 atom stereocenters. The van der Waals surface area contributed by atoms with Gasteiger partial charge in [-0.2, -0.15) is 0 Å². The van der Waals surface area contributed by atoms with E-state index in [4.69, 9.17) is 16.0 Å². The molecule has 4 rings (SSSR count). The number of piperidine rings is 1. The minimum Gasteiger partial charge on any atom is -0.543 e. The number of anilines is 1. The van der Waals surface area contributed by atoms with Crippen LogP contribution in [0.5, 0.6) is 5.75 Å². The van der Waals surface area contributed by atoms with Crippen LogP contribution in [0.1, 0.15) is 49.5 Å². The standard InChI is InChI=1S/C31H38ClNO3Si/c1-31(2,3)37(4,5)36-29-8-6-7-27(23-9-13-25(32)14-10-23)28(29)21-22-17-19-33(20-18-22)26-15-11-24(12-16-26)30(34)35/h6-16,22H,17-21H2,1-5H3,(H,34,35). The Balaban J connectivity index is 1.57. The van der Waals surface area contributed by atoms with Gasteiger partial charge in [-0.05, 0) is 96.9 Å². The number of rotatable bonds is 7. The Morgan fingerprint density at radius 3 is 2.19 bits per heavy atom. The van der Waals surface area contributed by atoms with E-state index in [1.54, 1.807) is 12.1 Å². The van der Waals surface area contributed by atoms with Gasteiger partial charge < -0.3 is 14.4 Å². The van der Waals surface area contributed by atoms with Crippen molar-refractivity contribution in [3.05, 3.63) is 82.9 Å². The van der Waals surface area contributed by atoms with Crippen LogP contribution in [-0.2, 0) is 6.42 Å². The summed E-state index contributed by atoms with van der Waals surface area (Å²) in [5, 5.41) is 10.0. The molecule has 196 valence electrons. The number of carboxylic acids is 1. The fourth-order valence-electron chi connectivity index (χ4n) is 4.70. The van der Waals surface area contributed by atoms with Crippen molar-refractivity contribution < 1.29 is 14.3 Å². The molecule has 0 unspecified atom stereocenters. The molecule has 1 aliphatic heterocycles. The topological polar surface area (TPSA) is 49.8 Å². The molecule has 0 amide bonds. The first-order valence-corrected chi connectivity index (χ1v) is 16.4. The lowest BCUT2D eigenvalue weighted by Gasteiger charge is -2.38. The summed E-state index contributed by atoms with van der Waals surface area (Å²) >= 11 is 6.20. The number of carbonyl (C=O) groups is 1. The zero-order valence-corrected chi connectivity index (χ0v) is 24.3. The van der Waals surface area contributed by atoms with Gasteiger partial charge in [0, 0.05) is 29.4 Å². The maximum absolute atomic E-state index is 11.2. The van der Waals surface area contributed by atoms with Gasteiger partial charge >= 0.3 is 5.97 Å². The summed E-state index contributed by atoms with van der Waals surface area (Å²) in [6, 6.07) is 21.8. The van der Waals surface area contributed by atoms with Crippen molar-refractivity contribution in [1.29, 1.82) is 0 Å². The van der Waals surface area contributed by atoms with Crippen LogP contribution in [0, 0.1) is 5.92 Å².